The number of aryl methyl sites for hydroxylation is 1. The molecule has 1 aliphatic heterocycles. The van der Waals surface area contributed by atoms with Gasteiger partial charge < -0.3 is 10.1 Å². The van der Waals surface area contributed by atoms with Crippen LogP contribution in [-0.2, 0) is 15.1 Å². The highest BCUT2D eigenvalue weighted by Crippen LogP contribution is 2.29. The van der Waals surface area contributed by atoms with Crippen molar-refractivity contribution in [3.05, 3.63) is 69.8 Å². The quantitative estimate of drug-likeness (QED) is 0.425. The van der Waals surface area contributed by atoms with E-state index in [1.165, 1.54) is 38.1 Å². The van der Waals surface area contributed by atoms with Gasteiger partial charge >= 0.3 is 6.03 Å². The zero-order valence-corrected chi connectivity index (χ0v) is 16.5. The van der Waals surface area contributed by atoms with Gasteiger partial charge in [0.25, 0.3) is 17.5 Å². The monoisotopic (exact) mass is 412 g/mol. The Hall–Kier alpha value is -3.95. The van der Waals surface area contributed by atoms with E-state index < -0.39 is 34.4 Å². The number of hydrogen-bond donors (Lipinski definition) is 2. The van der Waals surface area contributed by atoms with Gasteiger partial charge in [-0.25, -0.2) is 4.79 Å². The van der Waals surface area contributed by atoms with Crippen LogP contribution in [0.25, 0.3) is 0 Å². The number of ether oxygens (including phenoxy) is 1. The van der Waals surface area contributed by atoms with E-state index in [-0.39, 0.29) is 5.69 Å². The molecule has 156 valence electrons. The Kier molecular flexibility index (Phi) is 5.41. The summed E-state index contributed by atoms with van der Waals surface area (Å²) in [5, 5.41) is 13.9. The van der Waals surface area contributed by atoms with E-state index >= 15 is 0 Å². The highest BCUT2D eigenvalue weighted by molar-refractivity contribution is 6.08. The number of imide groups is 1. The van der Waals surface area contributed by atoms with E-state index in [0.29, 0.717) is 16.3 Å². The highest BCUT2D eigenvalue weighted by atomic mass is 16.6. The van der Waals surface area contributed by atoms with Crippen molar-refractivity contribution in [3.63, 3.8) is 0 Å². The molecule has 0 radical (unpaired) electrons. The molecule has 2 aromatic carbocycles. The molecular formula is C20H20N4O6. The number of nitrogens with zero attached hydrogens (tertiary/aromatic N) is 2. The Morgan fingerprint density at radius 3 is 2.50 bits per heavy atom. The van der Waals surface area contributed by atoms with Crippen molar-refractivity contribution in [2.45, 2.75) is 32.4 Å². The average molecular weight is 412 g/mol. The molecule has 10 heteroatoms. The number of carbonyl (C=O) groups excluding carboxylic acids is 3. The summed E-state index contributed by atoms with van der Waals surface area (Å²) in [4.78, 5) is 47.9. The molecule has 0 aliphatic carbocycles. The minimum atomic E-state index is -1.49. The maximum atomic E-state index is 12.9. The summed E-state index contributed by atoms with van der Waals surface area (Å²) in [5.41, 5.74) is 1.93. The molecular weight excluding hydrogens is 392 g/mol. The molecule has 30 heavy (non-hydrogen) atoms. The van der Waals surface area contributed by atoms with Crippen molar-refractivity contribution in [2.75, 3.05) is 0 Å². The number of amides is 4. The third-order valence-corrected chi connectivity index (χ3v) is 4.74. The topological polar surface area (TPSA) is 131 Å². The Balaban J connectivity index is 1.72. The van der Waals surface area contributed by atoms with Gasteiger partial charge in [0.15, 0.2) is 6.10 Å². The van der Waals surface area contributed by atoms with Crippen LogP contribution in [0.4, 0.5) is 10.5 Å². The van der Waals surface area contributed by atoms with Crippen molar-refractivity contribution in [2.24, 2.45) is 0 Å². The smallest absolute Gasteiger partial charge is 0.344 e. The van der Waals surface area contributed by atoms with E-state index in [2.05, 4.69) is 10.7 Å². The third kappa shape index (κ3) is 3.93. The zero-order chi connectivity index (χ0) is 22.1. The summed E-state index contributed by atoms with van der Waals surface area (Å²) in [6.07, 6.45) is -0.973. The molecule has 2 N–H and O–H groups in total. The molecule has 0 unspecified atom stereocenters. The van der Waals surface area contributed by atoms with Crippen LogP contribution in [0.5, 0.6) is 5.75 Å². The van der Waals surface area contributed by atoms with Crippen LogP contribution in [-0.4, -0.2) is 33.9 Å². The van der Waals surface area contributed by atoms with Crippen molar-refractivity contribution in [1.29, 1.82) is 0 Å². The molecule has 10 nitrogen and oxygen atoms in total. The van der Waals surface area contributed by atoms with Gasteiger partial charge in [-0.15, -0.1) is 0 Å². The van der Waals surface area contributed by atoms with E-state index in [9.17, 15) is 24.5 Å². The number of rotatable bonds is 6. The van der Waals surface area contributed by atoms with Crippen LogP contribution in [0, 0.1) is 17.0 Å². The summed E-state index contributed by atoms with van der Waals surface area (Å²) in [7, 11) is 0. The zero-order valence-electron chi connectivity index (χ0n) is 16.5. The molecule has 3 rings (SSSR count). The first-order valence-corrected chi connectivity index (χ1v) is 9.07. The van der Waals surface area contributed by atoms with Gasteiger partial charge in [-0.1, -0.05) is 12.1 Å². The molecule has 1 saturated heterocycles. The van der Waals surface area contributed by atoms with Gasteiger partial charge in [-0.2, -0.15) is 5.01 Å². The molecule has 0 spiro atoms. The minimum absolute atomic E-state index is 0.147. The fraction of sp³-hybridized carbons (Fsp3) is 0.250. The number of non-ortho nitro benzene ring substituents is 1. The molecule has 1 fully saturated rings. The number of nitro groups is 1. The highest BCUT2D eigenvalue weighted by Gasteiger charge is 2.50. The lowest BCUT2D eigenvalue weighted by Crippen LogP contribution is -2.51. The van der Waals surface area contributed by atoms with Crippen LogP contribution >= 0.6 is 0 Å². The number of carbonyl (C=O) groups is 3. The molecule has 0 bridgehead atoms. The standard InChI is InChI=1S/C20H20N4O6/c1-12-5-4-6-16(11-12)30-13(2)17(25)22-23-18(26)20(3,21-19(23)27)14-7-9-15(10-8-14)24(28)29/h4-11,13H,1-3H3,(H,21,27)(H,22,25)/t13-,20+/m0/s1. The average Bonchev–Trinajstić information content (AvgIpc) is 2.92. The fourth-order valence-electron chi connectivity index (χ4n) is 3.00. The fourth-order valence-corrected chi connectivity index (χ4v) is 3.00. The minimum Gasteiger partial charge on any atom is -0.481 e. The van der Waals surface area contributed by atoms with E-state index in [4.69, 9.17) is 4.74 Å². The van der Waals surface area contributed by atoms with Crippen molar-refractivity contribution >= 4 is 23.5 Å². The summed E-state index contributed by atoms with van der Waals surface area (Å²) in [6.45, 7) is 4.82. The third-order valence-electron chi connectivity index (χ3n) is 4.74. The first kappa shape index (κ1) is 20.8. The lowest BCUT2D eigenvalue weighted by Gasteiger charge is -2.22. The second-order valence-electron chi connectivity index (χ2n) is 7.05. The van der Waals surface area contributed by atoms with Gasteiger partial charge in [-0.05, 0) is 56.2 Å². The largest absolute Gasteiger partial charge is 0.481 e. The summed E-state index contributed by atoms with van der Waals surface area (Å²) < 4.78 is 5.56. The van der Waals surface area contributed by atoms with Crippen LogP contribution in [0.3, 0.4) is 0 Å². The predicted molar refractivity (Wildman–Crippen MR) is 105 cm³/mol. The molecule has 2 atom stereocenters. The number of urea groups is 1. The maximum absolute atomic E-state index is 12.9. The van der Waals surface area contributed by atoms with Crippen LogP contribution in [0.2, 0.25) is 0 Å². The lowest BCUT2D eigenvalue weighted by atomic mass is 9.92. The maximum Gasteiger partial charge on any atom is 0.344 e. The van der Waals surface area contributed by atoms with E-state index in [1.807, 2.05) is 13.0 Å². The Labute approximate surface area is 171 Å². The predicted octanol–water partition coefficient (Wildman–Crippen LogP) is 2.17. The van der Waals surface area contributed by atoms with E-state index in [1.54, 1.807) is 18.2 Å². The van der Waals surface area contributed by atoms with Gasteiger partial charge in [0, 0.05) is 12.1 Å². The Morgan fingerprint density at radius 2 is 1.90 bits per heavy atom. The van der Waals surface area contributed by atoms with Gasteiger partial charge in [0.2, 0.25) is 0 Å². The summed E-state index contributed by atoms with van der Waals surface area (Å²) >= 11 is 0. The van der Waals surface area contributed by atoms with Crippen molar-refractivity contribution < 1.29 is 24.0 Å². The molecule has 4 amide bonds. The Morgan fingerprint density at radius 1 is 1.23 bits per heavy atom. The van der Waals surface area contributed by atoms with Crippen LogP contribution < -0.4 is 15.5 Å². The van der Waals surface area contributed by atoms with Crippen LogP contribution in [0.1, 0.15) is 25.0 Å². The number of nitrogens with one attached hydrogen (secondary N) is 2. The summed E-state index contributed by atoms with van der Waals surface area (Å²) in [6, 6.07) is 11.5. The second-order valence-corrected chi connectivity index (χ2v) is 7.05. The van der Waals surface area contributed by atoms with Gasteiger partial charge in [-0.3, -0.25) is 25.1 Å². The van der Waals surface area contributed by atoms with Crippen molar-refractivity contribution in [1.82, 2.24) is 15.8 Å². The first-order chi connectivity index (χ1) is 14.1. The molecule has 0 saturated carbocycles. The van der Waals surface area contributed by atoms with E-state index in [0.717, 1.165) is 5.56 Å². The van der Waals surface area contributed by atoms with Crippen molar-refractivity contribution in [3.8, 4) is 5.75 Å². The van der Waals surface area contributed by atoms with Gasteiger partial charge in [0.05, 0.1) is 4.92 Å². The summed E-state index contributed by atoms with van der Waals surface area (Å²) in [5.74, 6) is -0.934. The SMILES string of the molecule is Cc1cccc(O[C@@H](C)C(=O)NN2C(=O)N[C@](C)(c3ccc([N+](=O)[O-])cc3)C2=O)c1. The normalized spacial score (nSPS) is 19.2. The first-order valence-electron chi connectivity index (χ1n) is 9.07. The molecule has 1 aliphatic rings. The number of benzene rings is 2. The van der Waals surface area contributed by atoms with Crippen LogP contribution in [0.15, 0.2) is 48.5 Å². The molecule has 1 heterocycles. The lowest BCUT2D eigenvalue weighted by molar-refractivity contribution is -0.384. The second kappa shape index (κ2) is 7.82. The Bertz CT molecular complexity index is 1020. The van der Waals surface area contributed by atoms with Gasteiger partial charge in [0.1, 0.15) is 11.3 Å². The number of nitro benzene ring substituents is 1. The molecule has 2 aromatic rings. The number of hydrazine groups is 1. The molecule has 0 aromatic heterocycles. The number of hydrogen-bond acceptors (Lipinski definition) is 6.